The smallest absolute Gasteiger partial charge is 0.248 e. The van der Waals surface area contributed by atoms with E-state index in [1.807, 2.05) is 16.2 Å². The summed E-state index contributed by atoms with van der Waals surface area (Å²) in [7, 11) is 2.11. The standard InChI is InChI=1S/C10H17N3S.C6H10F2.C6H11NO.3C2H2/c1-7-13-9(6-11-2)10(14-7)8-3-4-12-5-8;7-6(8)4-2-1-3-5-6;8-6-7-4-2-1-3-5-7;3*1-2/h8,11-12H,3-6H2,1-2H3;1-5H2;6H,1-5H2;3*1-2H/p+2/t8-;;;;;/m0...../s1. The number of carbonyl (C=O) groups is 1. The fourth-order valence-corrected chi connectivity index (χ4v) is 5.33. The van der Waals surface area contributed by atoms with Crippen molar-refractivity contribution >= 4 is 17.7 Å². The molecule has 4 rings (SSSR count). The van der Waals surface area contributed by atoms with Gasteiger partial charge >= 0.3 is 0 Å². The lowest BCUT2D eigenvalue weighted by Gasteiger charge is -2.21. The molecule has 0 radical (unpaired) electrons. The highest BCUT2D eigenvalue weighted by Crippen LogP contribution is 2.32. The second kappa shape index (κ2) is 23.0. The zero-order chi connectivity index (χ0) is 27.8. The Morgan fingerprint density at radius 3 is 2.00 bits per heavy atom. The van der Waals surface area contributed by atoms with Crippen LogP contribution in [0.1, 0.15) is 79.3 Å². The van der Waals surface area contributed by atoms with Gasteiger partial charge in [0.25, 0.3) is 0 Å². The van der Waals surface area contributed by atoms with E-state index in [0.717, 1.165) is 38.4 Å². The molecule has 0 spiro atoms. The molecular weight excluding hydrogens is 478 g/mol. The molecular formula is C28H46F2N4OS+2. The number of likely N-dealkylation sites (tertiary alicyclic amines) is 1. The van der Waals surface area contributed by atoms with Crippen molar-refractivity contribution in [3.63, 3.8) is 0 Å². The van der Waals surface area contributed by atoms with Crippen LogP contribution in [-0.4, -0.2) is 55.4 Å². The topological polar surface area (TPSA) is 66.4 Å². The van der Waals surface area contributed by atoms with Gasteiger partial charge in [-0.2, -0.15) is 0 Å². The molecule has 1 aromatic heterocycles. The van der Waals surface area contributed by atoms with E-state index in [1.54, 1.807) is 4.88 Å². The second-order valence-corrected chi connectivity index (χ2v) is 9.81. The summed E-state index contributed by atoms with van der Waals surface area (Å²) in [5, 5.41) is 5.85. The monoisotopic (exact) mass is 524 g/mol. The van der Waals surface area contributed by atoms with Crippen LogP contribution in [0.15, 0.2) is 0 Å². The van der Waals surface area contributed by atoms with Gasteiger partial charge in [-0.1, -0.05) is 6.42 Å². The number of hydrogen-bond acceptors (Lipinski definition) is 3. The number of aromatic nitrogens is 1. The largest absolute Gasteiger partial charge is 0.346 e. The number of aryl methyl sites for hydroxylation is 1. The van der Waals surface area contributed by atoms with Crippen LogP contribution < -0.4 is 10.6 Å². The van der Waals surface area contributed by atoms with Gasteiger partial charge < -0.3 is 15.5 Å². The molecule has 202 valence electrons. The van der Waals surface area contributed by atoms with Gasteiger partial charge in [0.2, 0.25) is 12.3 Å². The molecule has 1 aromatic rings. The minimum absolute atomic E-state index is 0.118. The first-order chi connectivity index (χ1) is 17.4. The molecule has 1 saturated carbocycles. The molecule has 3 heterocycles. The lowest BCUT2D eigenvalue weighted by Crippen LogP contribution is -2.81. The quantitative estimate of drug-likeness (QED) is 0.470. The first-order valence-corrected chi connectivity index (χ1v) is 13.4. The van der Waals surface area contributed by atoms with Crippen molar-refractivity contribution in [2.75, 3.05) is 33.2 Å². The number of thiazole rings is 1. The van der Waals surface area contributed by atoms with E-state index in [9.17, 15) is 13.6 Å². The van der Waals surface area contributed by atoms with Gasteiger partial charge in [-0.25, -0.2) is 13.8 Å². The van der Waals surface area contributed by atoms with E-state index in [2.05, 4.69) is 68.1 Å². The molecule has 1 amide bonds. The summed E-state index contributed by atoms with van der Waals surface area (Å²) in [6.45, 7) is 7.66. The van der Waals surface area contributed by atoms with Crippen molar-refractivity contribution in [3.05, 3.63) is 15.6 Å². The summed E-state index contributed by atoms with van der Waals surface area (Å²) in [6, 6.07) is 0. The van der Waals surface area contributed by atoms with Crippen molar-refractivity contribution in [1.29, 1.82) is 0 Å². The SMILES string of the molecule is C#C.C#C.C#C.C[NH2+]Cc1nc(C)sc1[C@H]1CC[NH2+]C1.FC1(F)CCCCC1.O=CN1CCCCC1. The number of hydrogen-bond donors (Lipinski definition) is 2. The second-order valence-electron chi connectivity index (χ2n) is 8.57. The average molecular weight is 525 g/mol. The molecule has 4 N–H and O–H groups in total. The fourth-order valence-electron chi connectivity index (χ4n) is 4.23. The van der Waals surface area contributed by atoms with Crippen molar-refractivity contribution < 1.29 is 24.2 Å². The molecule has 0 aromatic carbocycles. The van der Waals surface area contributed by atoms with E-state index >= 15 is 0 Å². The predicted molar refractivity (Wildman–Crippen MR) is 147 cm³/mol. The Morgan fingerprint density at radius 2 is 1.61 bits per heavy atom. The van der Waals surface area contributed by atoms with Gasteiger partial charge in [-0.05, 0) is 39.0 Å². The highest BCUT2D eigenvalue weighted by molar-refractivity contribution is 7.11. The van der Waals surface area contributed by atoms with Crippen LogP contribution >= 0.6 is 11.3 Å². The zero-order valence-corrected chi connectivity index (χ0v) is 23.0. The number of amides is 1. The summed E-state index contributed by atoms with van der Waals surface area (Å²) >= 11 is 1.90. The van der Waals surface area contributed by atoms with Crippen LogP contribution in [0.2, 0.25) is 0 Å². The Bertz CT molecular complexity index is 711. The van der Waals surface area contributed by atoms with Gasteiger partial charge in [0, 0.05) is 43.1 Å². The third kappa shape index (κ3) is 15.5. The van der Waals surface area contributed by atoms with E-state index in [0.29, 0.717) is 12.8 Å². The van der Waals surface area contributed by atoms with Gasteiger partial charge in [-0.15, -0.1) is 49.9 Å². The molecule has 3 fully saturated rings. The van der Waals surface area contributed by atoms with Crippen LogP contribution in [0, 0.1) is 45.5 Å². The number of terminal acetylenes is 3. The molecule has 8 heteroatoms. The summed E-state index contributed by atoms with van der Waals surface area (Å²) < 4.78 is 24.4. The van der Waals surface area contributed by atoms with Crippen LogP contribution in [0.5, 0.6) is 0 Å². The highest BCUT2D eigenvalue weighted by Gasteiger charge is 2.30. The first-order valence-electron chi connectivity index (χ1n) is 12.6. The van der Waals surface area contributed by atoms with Gasteiger partial charge in [0.05, 0.1) is 25.1 Å². The lowest BCUT2D eigenvalue weighted by molar-refractivity contribution is -0.644. The number of rotatable bonds is 4. The van der Waals surface area contributed by atoms with E-state index in [1.165, 1.54) is 49.5 Å². The highest BCUT2D eigenvalue weighted by atomic mass is 32.1. The molecule has 2 saturated heterocycles. The summed E-state index contributed by atoms with van der Waals surface area (Å²) in [5.41, 5.74) is 1.33. The van der Waals surface area contributed by atoms with E-state index in [-0.39, 0.29) is 12.8 Å². The minimum Gasteiger partial charge on any atom is -0.346 e. The predicted octanol–water partition coefficient (Wildman–Crippen LogP) is 3.16. The minimum atomic E-state index is -2.32. The van der Waals surface area contributed by atoms with Crippen molar-refractivity contribution in [2.24, 2.45) is 0 Å². The van der Waals surface area contributed by atoms with Gasteiger partial charge in [0.15, 0.2) is 0 Å². The first kappa shape index (κ1) is 35.7. The Hall–Kier alpha value is -2.44. The van der Waals surface area contributed by atoms with Crippen LogP contribution in [0.4, 0.5) is 8.78 Å². The summed E-state index contributed by atoms with van der Waals surface area (Å²) in [5.74, 6) is -1.55. The Morgan fingerprint density at radius 1 is 1.06 bits per heavy atom. The molecule has 3 aliphatic rings. The van der Waals surface area contributed by atoms with Crippen molar-refractivity contribution in [2.45, 2.75) is 83.1 Å². The third-order valence-electron chi connectivity index (χ3n) is 5.90. The van der Waals surface area contributed by atoms with Crippen LogP contribution in [0.25, 0.3) is 0 Å². The maximum absolute atomic E-state index is 12.2. The molecule has 1 aliphatic carbocycles. The number of nitrogens with zero attached hydrogens (tertiary/aromatic N) is 2. The van der Waals surface area contributed by atoms with Gasteiger partial charge in [-0.3, -0.25) is 4.79 Å². The number of carbonyl (C=O) groups excluding carboxylic acids is 1. The van der Waals surface area contributed by atoms with Crippen molar-refractivity contribution in [1.82, 2.24) is 9.88 Å². The zero-order valence-electron chi connectivity index (χ0n) is 22.1. The number of halogens is 2. The maximum Gasteiger partial charge on any atom is 0.248 e. The van der Waals surface area contributed by atoms with Crippen LogP contribution in [0.3, 0.4) is 0 Å². The summed E-state index contributed by atoms with van der Waals surface area (Å²) in [4.78, 5) is 18.1. The Kier molecular flexibility index (Phi) is 22.8. The summed E-state index contributed by atoms with van der Waals surface area (Å²) in [6.07, 6.45) is 32.6. The average Bonchev–Trinajstić information content (AvgIpc) is 3.59. The number of alkyl halides is 2. The Labute approximate surface area is 222 Å². The van der Waals surface area contributed by atoms with Crippen LogP contribution in [-0.2, 0) is 11.3 Å². The lowest BCUT2D eigenvalue weighted by atomic mass is 9.97. The molecule has 0 bridgehead atoms. The molecule has 5 nitrogen and oxygen atoms in total. The van der Waals surface area contributed by atoms with E-state index in [4.69, 9.17) is 0 Å². The number of nitrogens with two attached hydrogens (primary N) is 2. The molecule has 1 atom stereocenters. The molecule has 36 heavy (non-hydrogen) atoms. The fraction of sp³-hybridized carbons (Fsp3) is 0.643. The maximum atomic E-state index is 12.2. The van der Waals surface area contributed by atoms with E-state index < -0.39 is 5.92 Å². The normalized spacial score (nSPS) is 19.4. The number of quaternary nitrogens is 2. The molecule has 0 unspecified atom stereocenters. The number of piperidine rings is 1. The molecule has 2 aliphatic heterocycles. The van der Waals surface area contributed by atoms with Gasteiger partial charge in [0.1, 0.15) is 12.2 Å². The van der Waals surface area contributed by atoms with Crippen molar-refractivity contribution in [3.8, 4) is 38.5 Å². The Balaban J connectivity index is 0. The third-order valence-corrected chi connectivity index (χ3v) is 7.07.